The Kier molecular flexibility index (Phi) is 3.10. The number of hydrogen-bond acceptors (Lipinski definition) is 0. The first kappa shape index (κ1) is 12.7. The van der Waals surface area contributed by atoms with Crippen LogP contribution in [0.15, 0.2) is 40.9 Å². The number of hydrogen-bond donors (Lipinski definition) is 0. The van der Waals surface area contributed by atoms with Crippen molar-refractivity contribution >= 4 is 22.0 Å². The minimum absolute atomic E-state index is 0.406. The predicted octanol–water partition coefficient (Wildman–Crippen LogP) is 5.53. The van der Waals surface area contributed by atoms with Crippen LogP contribution in [0.1, 0.15) is 39.3 Å². The molecule has 0 aromatic heterocycles. The van der Waals surface area contributed by atoms with Gasteiger partial charge in [-0.2, -0.15) is 0 Å². The van der Waals surface area contributed by atoms with Crippen molar-refractivity contribution in [1.29, 1.82) is 0 Å². The average Bonchev–Trinajstić information content (AvgIpc) is 2.76. The van der Waals surface area contributed by atoms with Gasteiger partial charge in [0.1, 0.15) is 0 Å². The van der Waals surface area contributed by atoms with Gasteiger partial charge in [-0.3, -0.25) is 0 Å². The van der Waals surface area contributed by atoms with Gasteiger partial charge in [-0.1, -0.05) is 46.3 Å². The molecule has 0 aliphatic heterocycles. The highest BCUT2D eigenvalue weighted by Crippen LogP contribution is 2.40. The molecule has 0 N–H and O–H groups in total. The monoisotopic (exact) mass is 312 g/mol. The van der Waals surface area contributed by atoms with E-state index in [-0.39, 0.29) is 0 Å². The molecule has 1 aliphatic rings. The summed E-state index contributed by atoms with van der Waals surface area (Å²) in [5.41, 5.74) is 8.37. The molecule has 1 aliphatic carbocycles. The fourth-order valence-corrected chi connectivity index (χ4v) is 3.60. The van der Waals surface area contributed by atoms with Crippen LogP contribution in [0.4, 0.5) is 0 Å². The number of aryl methyl sites for hydroxylation is 2. The first-order chi connectivity index (χ1) is 9.08. The van der Waals surface area contributed by atoms with E-state index in [1.807, 2.05) is 0 Å². The molecule has 0 radical (unpaired) electrons. The molecule has 1 unspecified atom stereocenters. The summed E-state index contributed by atoms with van der Waals surface area (Å²) in [6.45, 7) is 6.62. The SMILES string of the molecule is Cc1cccc(C2C=Cc3cc(Br)cc(C)c32)c1C. The summed E-state index contributed by atoms with van der Waals surface area (Å²) >= 11 is 3.58. The van der Waals surface area contributed by atoms with Crippen LogP contribution >= 0.6 is 15.9 Å². The molecule has 0 saturated carbocycles. The van der Waals surface area contributed by atoms with Gasteiger partial charge in [-0.05, 0) is 66.3 Å². The molecule has 1 heteroatoms. The van der Waals surface area contributed by atoms with Gasteiger partial charge in [-0.15, -0.1) is 0 Å². The highest BCUT2D eigenvalue weighted by Gasteiger charge is 2.23. The summed E-state index contributed by atoms with van der Waals surface area (Å²) in [5.74, 6) is 0.406. The van der Waals surface area contributed by atoms with Crippen molar-refractivity contribution in [2.24, 2.45) is 0 Å². The Morgan fingerprint density at radius 1 is 1.00 bits per heavy atom. The lowest BCUT2D eigenvalue weighted by Crippen LogP contribution is -2.02. The minimum Gasteiger partial charge on any atom is -0.0720 e. The molecule has 1 atom stereocenters. The molecule has 0 amide bonds. The molecular formula is C18H17Br. The predicted molar refractivity (Wildman–Crippen MR) is 85.7 cm³/mol. The average molecular weight is 313 g/mol. The molecule has 2 aromatic carbocycles. The number of allylic oxidation sites excluding steroid dienone is 1. The lowest BCUT2D eigenvalue weighted by atomic mass is 9.86. The highest BCUT2D eigenvalue weighted by molar-refractivity contribution is 9.10. The van der Waals surface area contributed by atoms with Crippen LogP contribution < -0.4 is 0 Å². The van der Waals surface area contributed by atoms with Crippen molar-refractivity contribution in [2.75, 3.05) is 0 Å². The Hall–Kier alpha value is -1.34. The fourth-order valence-electron chi connectivity index (χ4n) is 3.01. The van der Waals surface area contributed by atoms with Crippen molar-refractivity contribution < 1.29 is 0 Å². The van der Waals surface area contributed by atoms with Crippen LogP contribution in [0.2, 0.25) is 0 Å². The zero-order valence-corrected chi connectivity index (χ0v) is 13.1. The first-order valence-electron chi connectivity index (χ1n) is 6.62. The van der Waals surface area contributed by atoms with E-state index in [4.69, 9.17) is 0 Å². The number of rotatable bonds is 1. The van der Waals surface area contributed by atoms with Gasteiger partial charge in [0.2, 0.25) is 0 Å². The van der Waals surface area contributed by atoms with Crippen molar-refractivity contribution in [3.05, 3.63) is 74.3 Å². The van der Waals surface area contributed by atoms with Crippen molar-refractivity contribution in [2.45, 2.75) is 26.7 Å². The molecular weight excluding hydrogens is 296 g/mol. The standard InChI is InChI=1S/C18H17Br/c1-11-5-4-6-16(13(11)3)17-8-7-14-10-15(19)9-12(2)18(14)17/h4-10,17H,1-3H3. The number of benzene rings is 2. The molecule has 0 heterocycles. The summed E-state index contributed by atoms with van der Waals surface area (Å²) < 4.78 is 1.16. The van der Waals surface area contributed by atoms with Crippen LogP contribution in [0, 0.1) is 20.8 Å². The van der Waals surface area contributed by atoms with Crippen molar-refractivity contribution in [1.82, 2.24) is 0 Å². The number of halogens is 1. The first-order valence-corrected chi connectivity index (χ1v) is 7.41. The zero-order chi connectivity index (χ0) is 13.6. The van der Waals surface area contributed by atoms with E-state index in [0.29, 0.717) is 5.92 Å². The molecule has 0 fully saturated rings. The summed E-state index contributed by atoms with van der Waals surface area (Å²) in [7, 11) is 0. The quantitative estimate of drug-likeness (QED) is 0.649. The van der Waals surface area contributed by atoms with E-state index in [2.05, 4.69) is 79.2 Å². The summed E-state index contributed by atoms with van der Waals surface area (Å²) in [5, 5.41) is 0. The molecule has 19 heavy (non-hydrogen) atoms. The third-order valence-electron chi connectivity index (χ3n) is 4.14. The van der Waals surface area contributed by atoms with Crippen molar-refractivity contribution in [3.63, 3.8) is 0 Å². The van der Waals surface area contributed by atoms with E-state index in [0.717, 1.165) is 4.47 Å². The zero-order valence-electron chi connectivity index (χ0n) is 11.5. The summed E-state index contributed by atoms with van der Waals surface area (Å²) in [4.78, 5) is 0. The number of fused-ring (bicyclic) bond motifs is 1. The largest absolute Gasteiger partial charge is 0.0720 e. The summed E-state index contributed by atoms with van der Waals surface area (Å²) in [6, 6.07) is 11.0. The second-order valence-electron chi connectivity index (χ2n) is 5.35. The maximum absolute atomic E-state index is 3.58. The normalized spacial score (nSPS) is 16.7. The minimum atomic E-state index is 0.406. The van der Waals surface area contributed by atoms with E-state index < -0.39 is 0 Å². The summed E-state index contributed by atoms with van der Waals surface area (Å²) in [6.07, 6.45) is 4.57. The molecule has 0 saturated heterocycles. The van der Waals surface area contributed by atoms with E-state index >= 15 is 0 Å². The molecule has 0 nitrogen and oxygen atoms in total. The van der Waals surface area contributed by atoms with Crippen LogP contribution in [-0.4, -0.2) is 0 Å². The Morgan fingerprint density at radius 2 is 1.79 bits per heavy atom. The molecule has 3 rings (SSSR count). The van der Waals surface area contributed by atoms with Gasteiger partial charge < -0.3 is 0 Å². The molecule has 0 bridgehead atoms. The van der Waals surface area contributed by atoms with E-state index in [9.17, 15) is 0 Å². The molecule has 0 spiro atoms. The van der Waals surface area contributed by atoms with Gasteiger partial charge in [0.25, 0.3) is 0 Å². The van der Waals surface area contributed by atoms with Gasteiger partial charge in [0, 0.05) is 10.4 Å². The lowest BCUT2D eigenvalue weighted by molar-refractivity contribution is 1.00. The second-order valence-corrected chi connectivity index (χ2v) is 6.27. The van der Waals surface area contributed by atoms with Gasteiger partial charge in [-0.25, -0.2) is 0 Å². The van der Waals surface area contributed by atoms with Crippen LogP contribution in [0.3, 0.4) is 0 Å². The van der Waals surface area contributed by atoms with Gasteiger partial charge in [0.05, 0.1) is 0 Å². The Bertz CT molecular complexity index is 680. The Morgan fingerprint density at radius 3 is 2.58 bits per heavy atom. The maximum atomic E-state index is 3.58. The third-order valence-corrected chi connectivity index (χ3v) is 4.60. The maximum Gasteiger partial charge on any atom is 0.0284 e. The van der Waals surface area contributed by atoms with Crippen molar-refractivity contribution in [3.8, 4) is 0 Å². The van der Waals surface area contributed by atoms with Gasteiger partial charge in [0.15, 0.2) is 0 Å². The van der Waals surface area contributed by atoms with Crippen LogP contribution in [-0.2, 0) is 0 Å². The Labute approximate surface area is 123 Å². The third kappa shape index (κ3) is 2.06. The second kappa shape index (κ2) is 4.64. The Balaban J connectivity index is 2.18. The fraction of sp³-hybridized carbons (Fsp3) is 0.222. The topological polar surface area (TPSA) is 0 Å². The van der Waals surface area contributed by atoms with Crippen LogP contribution in [0.25, 0.3) is 6.08 Å². The van der Waals surface area contributed by atoms with Crippen LogP contribution in [0.5, 0.6) is 0 Å². The molecule has 2 aromatic rings. The van der Waals surface area contributed by atoms with Gasteiger partial charge >= 0.3 is 0 Å². The lowest BCUT2D eigenvalue weighted by Gasteiger charge is -2.18. The highest BCUT2D eigenvalue weighted by atomic mass is 79.9. The smallest absolute Gasteiger partial charge is 0.0284 e. The molecule has 96 valence electrons. The van der Waals surface area contributed by atoms with E-state index in [1.165, 1.54) is 33.4 Å². The van der Waals surface area contributed by atoms with E-state index in [1.54, 1.807) is 0 Å².